The topological polar surface area (TPSA) is 84.6 Å². The molecule has 0 spiro atoms. The molecule has 5 nitrogen and oxygen atoms in total. The van der Waals surface area contributed by atoms with Gasteiger partial charge in [0, 0.05) is 26.6 Å². The Hall–Kier alpha value is -0.650. The molecular formula is C10H22N2O3. The van der Waals surface area contributed by atoms with Crippen molar-refractivity contribution < 1.29 is 14.6 Å². The van der Waals surface area contributed by atoms with Gasteiger partial charge in [-0.15, -0.1) is 0 Å². The highest BCUT2D eigenvalue weighted by atomic mass is 16.5. The first-order valence-corrected chi connectivity index (χ1v) is 5.01. The molecule has 0 heterocycles. The van der Waals surface area contributed by atoms with Gasteiger partial charge in [0.1, 0.15) is 5.54 Å². The summed E-state index contributed by atoms with van der Waals surface area (Å²) in [6.45, 7) is 6.25. The number of aliphatic carboxylic acids is 1. The zero-order valence-electron chi connectivity index (χ0n) is 9.96. The highest BCUT2D eigenvalue weighted by molar-refractivity contribution is 5.78. The SMILES string of the molecule is COC(C)(C)CC(C)(NCCN)C(=O)O. The first-order valence-electron chi connectivity index (χ1n) is 5.01. The number of ether oxygens (including phenoxy) is 1. The van der Waals surface area contributed by atoms with Crippen molar-refractivity contribution in [3.8, 4) is 0 Å². The Bertz CT molecular complexity index is 219. The molecule has 0 amide bonds. The Morgan fingerprint density at radius 1 is 1.47 bits per heavy atom. The van der Waals surface area contributed by atoms with Crippen LogP contribution in [0.3, 0.4) is 0 Å². The maximum absolute atomic E-state index is 11.2. The molecule has 0 aliphatic rings. The molecule has 4 N–H and O–H groups in total. The number of methoxy groups -OCH3 is 1. The van der Waals surface area contributed by atoms with E-state index in [2.05, 4.69) is 5.32 Å². The van der Waals surface area contributed by atoms with E-state index in [9.17, 15) is 4.79 Å². The number of carboxylic acids is 1. The van der Waals surface area contributed by atoms with Crippen LogP contribution in [0.4, 0.5) is 0 Å². The van der Waals surface area contributed by atoms with E-state index in [4.69, 9.17) is 15.6 Å². The summed E-state index contributed by atoms with van der Waals surface area (Å²) in [6, 6.07) is 0. The van der Waals surface area contributed by atoms with Gasteiger partial charge < -0.3 is 20.9 Å². The second-order valence-electron chi connectivity index (χ2n) is 4.49. The van der Waals surface area contributed by atoms with Gasteiger partial charge in [0.25, 0.3) is 0 Å². The zero-order valence-corrected chi connectivity index (χ0v) is 9.96. The Balaban J connectivity index is 4.58. The van der Waals surface area contributed by atoms with Gasteiger partial charge in [-0.05, 0) is 20.8 Å². The quantitative estimate of drug-likeness (QED) is 0.568. The van der Waals surface area contributed by atoms with Crippen LogP contribution in [0.25, 0.3) is 0 Å². The third-order valence-corrected chi connectivity index (χ3v) is 2.46. The number of carboxylic acid groups (broad SMARTS) is 1. The minimum Gasteiger partial charge on any atom is -0.480 e. The van der Waals surface area contributed by atoms with Crippen molar-refractivity contribution in [2.45, 2.75) is 38.3 Å². The summed E-state index contributed by atoms with van der Waals surface area (Å²) in [5.74, 6) is -0.888. The molecule has 0 rings (SSSR count). The summed E-state index contributed by atoms with van der Waals surface area (Å²) in [4.78, 5) is 11.2. The highest BCUT2D eigenvalue weighted by Gasteiger charge is 2.38. The normalized spacial score (nSPS) is 16.1. The van der Waals surface area contributed by atoms with Crippen LogP contribution in [-0.4, -0.2) is 42.4 Å². The second kappa shape index (κ2) is 5.44. The summed E-state index contributed by atoms with van der Waals surface area (Å²) in [5, 5.41) is 12.1. The molecule has 90 valence electrons. The van der Waals surface area contributed by atoms with Crippen LogP contribution in [-0.2, 0) is 9.53 Å². The van der Waals surface area contributed by atoms with Gasteiger partial charge in [0.2, 0.25) is 0 Å². The van der Waals surface area contributed by atoms with Gasteiger partial charge in [0.15, 0.2) is 0 Å². The van der Waals surface area contributed by atoms with E-state index in [0.717, 1.165) is 0 Å². The molecule has 1 unspecified atom stereocenters. The van der Waals surface area contributed by atoms with E-state index in [1.807, 2.05) is 13.8 Å². The number of hydrogen-bond donors (Lipinski definition) is 3. The fraction of sp³-hybridized carbons (Fsp3) is 0.900. The first-order chi connectivity index (χ1) is 6.77. The van der Waals surface area contributed by atoms with Crippen molar-refractivity contribution in [1.82, 2.24) is 5.32 Å². The summed E-state index contributed by atoms with van der Waals surface area (Å²) in [7, 11) is 1.57. The third-order valence-electron chi connectivity index (χ3n) is 2.46. The summed E-state index contributed by atoms with van der Waals surface area (Å²) >= 11 is 0. The maximum atomic E-state index is 11.2. The molecule has 0 aromatic rings. The summed E-state index contributed by atoms with van der Waals surface area (Å²) in [6.07, 6.45) is 0.381. The van der Waals surface area contributed by atoms with Gasteiger partial charge in [-0.1, -0.05) is 0 Å². The Labute approximate surface area is 91.0 Å². The van der Waals surface area contributed by atoms with Crippen molar-refractivity contribution in [3.63, 3.8) is 0 Å². The lowest BCUT2D eigenvalue weighted by Crippen LogP contribution is -2.54. The number of carbonyl (C=O) groups is 1. The highest BCUT2D eigenvalue weighted by Crippen LogP contribution is 2.23. The summed E-state index contributed by atoms with van der Waals surface area (Å²) in [5.41, 5.74) is 3.87. The van der Waals surface area contributed by atoms with Crippen LogP contribution in [0.2, 0.25) is 0 Å². The second-order valence-corrected chi connectivity index (χ2v) is 4.49. The van der Waals surface area contributed by atoms with Gasteiger partial charge in [-0.3, -0.25) is 4.79 Å². The van der Waals surface area contributed by atoms with E-state index in [1.54, 1.807) is 14.0 Å². The fourth-order valence-electron chi connectivity index (χ4n) is 1.49. The lowest BCUT2D eigenvalue weighted by molar-refractivity contribution is -0.147. The number of hydrogen-bond acceptors (Lipinski definition) is 4. The minimum atomic E-state index is -1.00. The molecular weight excluding hydrogens is 196 g/mol. The van der Waals surface area contributed by atoms with Crippen LogP contribution in [0.15, 0.2) is 0 Å². The van der Waals surface area contributed by atoms with Crippen molar-refractivity contribution in [2.24, 2.45) is 5.73 Å². The Morgan fingerprint density at radius 2 is 2.00 bits per heavy atom. The van der Waals surface area contributed by atoms with Crippen LogP contribution in [0.1, 0.15) is 27.2 Å². The van der Waals surface area contributed by atoms with Gasteiger partial charge >= 0.3 is 5.97 Å². The lowest BCUT2D eigenvalue weighted by Gasteiger charge is -2.34. The van der Waals surface area contributed by atoms with Crippen LogP contribution >= 0.6 is 0 Å². The van der Waals surface area contributed by atoms with Crippen LogP contribution in [0.5, 0.6) is 0 Å². The number of rotatable bonds is 7. The van der Waals surface area contributed by atoms with E-state index in [0.29, 0.717) is 19.5 Å². The third kappa shape index (κ3) is 4.59. The molecule has 0 aromatic carbocycles. The summed E-state index contributed by atoms with van der Waals surface area (Å²) < 4.78 is 5.23. The first kappa shape index (κ1) is 14.3. The van der Waals surface area contributed by atoms with Crippen molar-refractivity contribution in [1.29, 1.82) is 0 Å². The van der Waals surface area contributed by atoms with Gasteiger partial charge in [0.05, 0.1) is 5.60 Å². The average Bonchev–Trinajstić information content (AvgIpc) is 2.14. The lowest BCUT2D eigenvalue weighted by atomic mass is 9.87. The van der Waals surface area contributed by atoms with Crippen LogP contribution in [0, 0.1) is 0 Å². The smallest absolute Gasteiger partial charge is 0.323 e. The standard InChI is InChI=1S/C10H22N2O3/c1-9(2,15-4)7-10(3,8(13)14)12-6-5-11/h12H,5-7,11H2,1-4H3,(H,13,14). The molecule has 1 atom stereocenters. The molecule has 0 fully saturated rings. The molecule has 5 heteroatoms. The molecule has 0 aliphatic heterocycles. The van der Waals surface area contributed by atoms with E-state index in [1.165, 1.54) is 0 Å². The molecule has 0 aliphatic carbocycles. The van der Waals surface area contributed by atoms with Crippen molar-refractivity contribution in [2.75, 3.05) is 20.2 Å². The van der Waals surface area contributed by atoms with Gasteiger partial charge in [-0.2, -0.15) is 0 Å². The van der Waals surface area contributed by atoms with Gasteiger partial charge in [-0.25, -0.2) is 0 Å². The predicted molar refractivity (Wildman–Crippen MR) is 58.8 cm³/mol. The Morgan fingerprint density at radius 3 is 2.33 bits per heavy atom. The largest absolute Gasteiger partial charge is 0.480 e. The molecule has 0 radical (unpaired) electrons. The maximum Gasteiger partial charge on any atom is 0.323 e. The number of nitrogens with one attached hydrogen (secondary N) is 1. The average molecular weight is 218 g/mol. The molecule has 15 heavy (non-hydrogen) atoms. The van der Waals surface area contributed by atoms with Crippen LogP contribution < -0.4 is 11.1 Å². The Kier molecular flexibility index (Phi) is 5.20. The zero-order chi connectivity index (χ0) is 12.1. The van der Waals surface area contributed by atoms with E-state index >= 15 is 0 Å². The number of nitrogens with two attached hydrogens (primary N) is 1. The van der Waals surface area contributed by atoms with E-state index in [-0.39, 0.29) is 0 Å². The van der Waals surface area contributed by atoms with Crippen molar-refractivity contribution in [3.05, 3.63) is 0 Å². The van der Waals surface area contributed by atoms with Crippen molar-refractivity contribution >= 4 is 5.97 Å². The molecule has 0 bridgehead atoms. The monoisotopic (exact) mass is 218 g/mol. The van der Waals surface area contributed by atoms with E-state index < -0.39 is 17.1 Å². The molecule has 0 saturated carbocycles. The molecule has 0 saturated heterocycles. The minimum absolute atomic E-state index is 0.381. The predicted octanol–water partition coefficient (Wildman–Crippen LogP) is 0.193. The fourth-order valence-corrected chi connectivity index (χ4v) is 1.49. The molecule has 0 aromatic heterocycles.